The predicted molar refractivity (Wildman–Crippen MR) is 75.1 cm³/mol. The van der Waals surface area contributed by atoms with Crippen molar-refractivity contribution in [1.29, 1.82) is 0 Å². The summed E-state index contributed by atoms with van der Waals surface area (Å²) in [4.78, 5) is 4.38. The maximum absolute atomic E-state index is 5.87. The Balaban J connectivity index is 1.82. The molecule has 1 fully saturated rings. The summed E-state index contributed by atoms with van der Waals surface area (Å²) in [6.45, 7) is 7.22. The van der Waals surface area contributed by atoms with Gasteiger partial charge in [-0.3, -0.25) is 0 Å². The molecule has 2 rings (SSSR count). The van der Waals surface area contributed by atoms with Gasteiger partial charge in [0.1, 0.15) is 12.4 Å². The summed E-state index contributed by atoms with van der Waals surface area (Å²) < 4.78 is 11.3. The van der Waals surface area contributed by atoms with Crippen molar-refractivity contribution < 1.29 is 9.15 Å². The predicted octanol–water partition coefficient (Wildman–Crippen LogP) is 3.52. The lowest BCUT2D eigenvalue weighted by molar-refractivity contribution is 0.0887. The second-order valence-corrected chi connectivity index (χ2v) is 5.82. The van der Waals surface area contributed by atoms with Crippen LogP contribution in [0.3, 0.4) is 0 Å². The van der Waals surface area contributed by atoms with Crippen LogP contribution >= 0.6 is 0 Å². The highest BCUT2D eigenvalue weighted by Crippen LogP contribution is 2.29. The van der Waals surface area contributed by atoms with Crippen molar-refractivity contribution in [2.45, 2.75) is 71.6 Å². The third kappa shape index (κ3) is 4.53. The fraction of sp³-hybridized carbons (Fsp3) is 0.800. The quantitative estimate of drug-likeness (QED) is 0.855. The van der Waals surface area contributed by atoms with E-state index in [0.29, 0.717) is 12.1 Å². The van der Waals surface area contributed by atoms with Gasteiger partial charge in [0, 0.05) is 12.6 Å². The molecule has 0 bridgehead atoms. The molecule has 0 radical (unpaired) electrons. The van der Waals surface area contributed by atoms with Crippen molar-refractivity contribution in [2.75, 3.05) is 0 Å². The minimum absolute atomic E-state index is 0.281. The van der Waals surface area contributed by atoms with Crippen molar-refractivity contribution >= 4 is 0 Å². The number of ether oxygens (including phenoxy) is 1. The van der Waals surface area contributed by atoms with E-state index < -0.39 is 0 Å². The SMILES string of the molecule is CCC1CCCC(Oc2nc(CNC(C)C)co2)C1. The summed E-state index contributed by atoms with van der Waals surface area (Å²) in [7, 11) is 0. The standard InChI is InChI=1S/C15H26N2O2/c1-4-12-6-5-7-14(8-12)19-15-17-13(10-18-15)9-16-11(2)3/h10-12,14,16H,4-9H2,1-3H3. The van der Waals surface area contributed by atoms with E-state index in [1.807, 2.05) is 0 Å². The summed E-state index contributed by atoms with van der Waals surface area (Å²) in [6, 6.07) is 0.449. The Kier molecular flexibility index (Phi) is 5.25. The van der Waals surface area contributed by atoms with Gasteiger partial charge < -0.3 is 14.5 Å². The molecule has 1 aliphatic carbocycles. The van der Waals surface area contributed by atoms with Gasteiger partial charge in [-0.25, -0.2) is 0 Å². The molecule has 0 amide bonds. The Morgan fingerprint density at radius 1 is 1.47 bits per heavy atom. The lowest BCUT2D eigenvalue weighted by Crippen LogP contribution is -2.25. The van der Waals surface area contributed by atoms with Crippen molar-refractivity contribution in [3.63, 3.8) is 0 Å². The maximum Gasteiger partial charge on any atom is 0.394 e. The topological polar surface area (TPSA) is 47.3 Å². The highest BCUT2D eigenvalue weighted by molar-refractivity contribution is 5.00. The number of aromatic nitrogens is 1. The van der Waals surface area contributed by atoms with E-state index >= 15 is 0 Å². The molecule has 1 N–H and O–H groups in total. The van der Waals surface area contributed by atoms with Crippen LogP contribution in [0.2, 0.25) is 0 Å². The fourth-order valence-electron chi connectivity index (χ4n) is 2.59. The Bertz CT molecular complexity index is 376. The molecule has 0 saturated heterocycles. The number of hydrogen-bond donors (Lipinski definition) is 1. The lowest BCUT2D eigenvalue weighted by atomic mass is 9.86. The first-order chi connectivity index (χ1) is 9.17. The summed E-state index contributed by atoms with van der Waals surface area (Å²) in [6.07, 6.45) is 8.50. The van der Waals surface area contributed by atoms with Gasteiger partial charge in [0.05, 0.1) is 5.69 Å². The monoisotopic (exact) mass is 266 g/mol. The van der Waals surface area contributed by atoms with Crippen LogP contribution in [0, 0.1) is 5.92 Å². The van der Waals surface area contributed by atoms with Gasteiger partial charge in [0.2, 0.25) is 0 Å². The van der Waals surface area contributed by atoms with Crippen LogP contribution in [0.5, 0.6) is 6.08 Å². The number of rotatable bonds is 6. The first kappa shape index (κ1) is 14.4. The molecular weight excluding hydrogens is 240 g/mol. The highest BCUT2D eigenvalue weighted by Gasteiger charge is 2.23. The number of hydrogen-bond acceptors (Lipinski definition) is 4. The molecule has 1 aliphatic rings. The highest BCUT2D eigenvalue weighted by atomic mass is 16.6. The van der Waals surface area contributed by atoms with Gasteiger partial charge in [-0.05, 0) is 25.2 Å². The van der Waals surface area contributed by atoms with Crippen LogP contribution in [0.15, 0.2) is 10.7 Å². The average molecular weight is 266 g/mol. The van der Waals surface area contributed by atoms with Crippen LogP contribution in [-0.2, 0) is 6.54 Å². The van der Waals surface area contributed by atoms with Gasteiger partial charge in [0.25, 0.3) is 0 Å². The summed E-state index contributed by atoms with van der Waals surface area (Å²) in [5.74, 6) is 0.802. The molecule has 4 nitrogen and oxygen atoms in total. The number of nitrogens with one attached hydrogen (secondary N) is 1. The summed E-state index contributed by atoms with van der Waals surface area (Å²) in [5.41, 5.74) is 0.909. The lowest BCUT2D eigenvalue weighted by Gasteiger charge is -2.27. The van der Waals surface area contributed by atoms with Crippen LogP contribution in [0.4, 0.5) is 0 Å². The van der Waals surface area contributed by atoms with Crippen LogP contribution in [0.1, 0.15) is 58.6 Å². The van der Waals surface area contributed by atoms with E-state index in [4.69, 9.17) is 9.15 Å². The Morgan fingerprint density at radius 2 is 2.32 bits per heavy atom. The minimum atomic E-state index is 0.281. The molecule has 0 aromatic carbocycles. The molecular formula is C15H26N2O2. The van der Waals surface area contributed by atoms with Gasteiger partial charge in [-0.2, -0.15) is 4.98 Å². The first-order valence-corrected chi connectivity index (χ1v) is 7.51. The zero-order valence-corrected chi connectivity index (χ0v) is 12.3. The molecule has 1 saturated carbocycles. The van der Waals surface area contributed by atoms with Crippen molar-refractivity contribution in [2.24, 2.45) is 5.92 Å². The van der Waals surface area contributed by atoms with Gasteiger partial charge in [0.15, 0.2) is 0 Å². The summed E-state index contributed by atoms with van der Waals surface area (Å²) in [5, 5.41) is 3.32. The van der Waals surface area contributed by atoms with E-state index in [0.717, 1.165) is 31.0 Å². The third-order valence-electron chi connectivity index (χ3n) is 3.80. The zero-order chi connectivity index (χ0) is 13.7. The maximum atomic E-state index is 5.87. The van der Waals surface area contributed by atoms with E-state index in [1.165, 1.54) is 19.3 Å². The normalized spacial score (nSPS) is 23.8. The van der Waals surface area contributed by atoms with Gasteiger partial charge in [-0.1, -0.05) is 33.6 Å². The van der Waals surface area contributed by atoms with Crippen LogP contribution in [-0.4, -0.2) is 17.1 Å². The molecule has 108 valence electrons. The summed E-state index contributed by atoms with van der Waals surface area (Å²) >= 11 is 0. The molecule has 19 heavy (non-hydrogen) atoms. The largest absolute Gasteiger partial charge is 0.447 e. The Hall–Kier alpha value is -1.03. The second kappa shape index (κ2) is 6.94. The van der Waals surface area contributed by atoms with E-state index in [9.17, 15) is 0 Å². The Labute approximate surface area is 115 Å². The molecule has 1 aromatic rings. The number of oxazole rings is 1. The zero-order valence-electron chi connectivity index (χ0n) is 12.3. The third-order valence-corrected chi connectivity index (χ3v) is 3.80. The molecule has 0 spiro atoms. The fourth-order valence-corrected chi connectivity index (χ4v) is 2.59. The Morgan fingerprint density at radius 3 is 3.05 bits per heavy atom. The smallest absolute Gasteiger partial charge is 0.394 e. The molecule has 2 unspecified atom stereocenters. The molecule has 2 atom stereocenters. The molecule has 1 heterocycles. The molecule has 1 aromatic heterocycles. The average Bonchev–Trinajstić information content (AvgIpc) is 2.84. The van der Waals surface area contributed by atoms with E-state index in [2.05, 4.69) is 31.1 Å². The van der Waals surface area contributed by atoms with Crippen LogP contribution in [0.25, 0.3) is 0 Å². The van der Waals surface area contributed by atoms with Gasteiger partial charge >= 0.3 is 6.08 Å². The second-order valence-electron chi connectivity index (χ2n) is 5.82. The minimum Gasteiger partial charge on any atom is -0.447 e. The molecule has 4 heteroatoms. The van der Waals surface area contributed by atoms with E-state index in [-0.39, 0.29) is 6.10 Å². The van der Waals surface area contributed by atoms with Crippen molar-refractivity contribution in [3.05, 3.63) is 12.0 Å². The molecule has 0 aliphatic heterocycles. The first-order valence-electron chi connectivity index (χ1n) is 7.51. The van der Waals surface area contributed by atoms with Gasteiger partial charge in [-0.15, -0.1) is 0 Å². The number of nitrogens with zero attached hydrogens (tertiary/aromatic N) is 1. The van der Waals surface area contributed by atoms with E-state index in [1.54, 1.807) is 6.26 Å². The van der Waals surface area contributed by atoms with Crippen molar-refractivity contribution in [3.8, 4) is 6.08 Å². The van der Waals surface area contributed by atoms with Crippen molar-refractivity contribution in [1.82, 2.24) is 10.3 Å². The van der Waals surface area contributed by atoms with Crippen LogP contribution < -0.4 is 10.1 Å².